The second-order valence-corrected chi connectivity index (χ2v) is 6.02. The molecule has 120 valence electrons. The number of rotatable bonds is 2. The standard InChI is InChI=1S/C17H20O2.C3H8/c1-10-7-15(18)8-11(2)16(10)9-14-5-12(3)17(19)13(4)6-14;1-3-2/h5-8,18-19H,9H2,1-4H3;3H2,1-2H3. The first-order valence-corrected chi connectivity index (χ1v) is 7.88. The van der Waals surface area contributed by atoms with Crippen LogP contribution in [0.25, 0.3) is 0 Å². The Labute approximate surface area is 134 Å². The first kappa shape index (κ1) is 18.1. The third kappa shape index (κ3) is 4.52. The lowest BCUT2D eigenvalue weighted by Gasteiger charge is -2.13. The summed E-state index contributed by atoms with van der Waals surface area (Å²) in [6.07, 6.45) is 2.07. The Bertz CT molecular complexity index is 596. The van der Waals surface area contributed by atoms with Crippen LogP contribution in [0.5, 0.6) is 11.5 Å². The van der Waals surface area contributed by atoms with Crippen molar-refractivity contribution < 1.29 is 10.2 Å². The van der Waals surface area contributed by atoms with Gasteiger partial charge in [-0.05, 0) is 79.6 Å². The molecule has 2 aromatic carbocycles. The normalized spacial score (nSPS) is 10.1. The van der Waals surface area contributed by atoms with Gasteiger partial charge in [0.15, 0.2) is 0 Å². The fourth-order valence-corrected chi connectivity index (χ4v) is 2.60. The molecule has 0 aliphatic heterocycles. The Balaban J connectivity index is 0.000000745. The molecule has 2 N–H and O–H groups in total. The van der Waals surface area contributed by atoms with Crippen molar-refractivity contribution in [2.75, 3.05) is 0 Å². The van der Waals surface area contributed by atoms with E-state index in [1.807, 2.05) is 39.8 Å². The molecular weight excluding hydrogens is 272 g/mol. The molecule has 22 heavy (non-hydrogen) atoms. The maximum atomic E-state index is 9.81. The average molecular weight is 300 g/mol. The molecule has 0 aliphatic rings. The van der Waals surface area contributed by atoms with Gasteiger partial charge in [-0.15, -0.1) is 0 Å². The lowest BCUT2D eigenvalue weighted by molar-refractivity contribution is 0.466. The minimum absolute atomic E-state index is 0.316. The van der Waals surface area contributed by atoms with E-state index in [9.17, 15) is 10.2 Å². The van der Waals surface area contributed by atoms with Crippen molar-refractivity contribution in [3.8, 4) is 11.5 Å². The molecule has 0 unspecified atom stereocenters. The Morgan fingerprint density at radius 3 is 1.55 bits per heavy atom. The Kier molecular flexibility index (Phi) is 6.48. The largest absolute Gasteiger partial charge is 0.508 e. The summed E-state index contributed by atoms with van der Waals surface area (Å²) in [7, 11) is 0. The molecule has 0 heterocycles. The predicted molar refractivity (Wildman–Crippen MR) is 93.9 cm³/mol. The fourth-order valence-electron chi connectivity index (χ4n) is 2.60. The SMILES string of the molecule is CCC.Cc1cc(Cc2c(C)cc(O)cc2C)cc(C)c1O. The van der Waals surface area contributed by atoms with Gasteiger partial charge in [-0.2, -0.15) is 0 Å². The Hall–Kier alpha value is -1.96. The van der Waals surface area contributed by atoms with Crippen LogP contribution in [0.4, 0.5) is 0 Å². The molecule has 2 nitrogen and oxygen atoms in total. The van der Waals surface area contributed by atoms with E-state index in [2.05, 4.69) is 13.8 Å². The van der Waals surface area contributed by atoms with E-state index in [4.69, 9.17) is 0 Å². The molecule has 0 aromatic heterocycles. The van der Waals surface area contributed by atoms with Gasteiger partial charge in [-0.25, -0.2) is 0 Å². The van der Waals surface area contributed by atoms with Crippen molar-refractivity contribution in [3.05, 3.63) is 57.6 Å². The van der Waals surface area contributed by atoms with Crippen molar-refractivity contribution in [1.29, 1.82) is 0 Å². The first-order valence-electron chi connectivity index (χ1n) is 7.88. The molecule has 0 spiro atoms. The molecule has 0 saturated carbocycles. The first-order chi connectivity index (χ1) is 10.3. The van der Waals surface area contributed by atoms with Gasteiger partial charge in [-0.3, -0.25) is 0 Å². The number of hydrogen-bond acceptors (Lipinski definition) is 2. The van der Waals surface area contributed by atoms with Gasteiger partial charge < -0.3 is 10.2 Å². The quantitative estimate of drug-likeness (QED) is 0.786. The predicted octanol–water partition coefficient (Wildman–Crippen LogP) is 5.34. The van der Waals surface area contributed by atoms with Gasteiger partial charge >= 0.3 is 0 Å². The van der Waals surface area contributed by atoms with Gasteiger partial charge in [0, 0.05) is 0 Å². The lowest BCUT2D eigenvalue weighted by atomic mass is 9.94. The third-order valence-corrected chi connectivity index (χ3v) is 3.61. The molecule has 0 radical (unpaired) electrons. The van der Waals surface area contributed by atoms with Gasteiger partial charge in [0.05, 0.1) is 0 Å². The van der Waals surface area contributed by atoms with E-state index < -0.39 is 0 Å². The molecule has 0 saturated heterocycles. The summed E-state index contributed by atoms with van der Waals surface area (Å²) >= 11 is 0. The third-order valence-electron chi connectivity index (χ3n) is 3.61. The van der Waals surface area contributed by atoms with E-state index in [0.717, 1.165) is 28.7 Å². The van der Waals surface area contributed by atoms with Crippen LogP contribution >= 0.6 is 0 Å². The molecule has 2 rings (SSSR count). The molecular formula is C20H28O2. The smallest absolute Gasteiger partial charge is 0.121 e. The van der Waals surface area contributed by atoms with Crippen LogP contribution in [0.2, 0.25) is 0 Å². The van der Waals surface area contributed by atoms with Crippen LogP contribution in [0.3, 0.4) is 0 Å². The van der Waals surface area contributed by atoms with Gasteiger partial charge in [0.25, 0.3) is 0 Å². The van der Waals surface area contributed by atoms with Gasteiger partial charge in [0.2, 0.25) is 0 Å². The van der Waals surface area contributed by atoms with Crippen LogP contribution in [0, 0.1) is 27.7 Å². The maximum Gasteiger partial charge on any atom is 0.121 e. The van der Waals surface area contributed by atoms with Crippen LogP contribution in [0.15, 0.2) is 24.3 Å². The number of hydrogen-bond donors (Lipinski definition) is 2. The second-order valence-electron chi connectivity index (χ2n) is 6.02. The van der Waals surface area contributed by atoms with E-state index in [0.29, 0.717) is 11.5 Å². The van der Waals surface area contributed by atoms with Crippen LogP contribution < -0.4 is 0 Å². The second kappa shape index (κ2) is 7.88. The van der Waals surface area contributed by atoms with Gasteiger partial charge in [-0.1, -0.05) is 32.4 Å². The molecule has 2 aromatic rings. The van der Waals surface area contributed by atoms with Crippen LogP contribution in [-0.2, 0) is 6.42 Å². The van der Waals surface area contributed by atoms with Crippen molar-refractivity contribution in [2.45, 2.75) is 54.4 Å². The lowest BCUT2D eigenvalue weighted by Crippen LogP contribution is -1.97. The van der Waals surface area contributed by atoms with Crippen molar-refractivity contribution >= 4 is 0 Å². The number of phenolic OH excluding ortho intramolecular Hbond substituents is 2. The number of aromatic hydroxyl groups is 2. The van der Waals surface area contributed by atoms with E-state index in [1.54, 1.807) is 12.1 Å². The van der Waals surface area contributed by atoms with E-state index >= 15 is 0 Å². The number of phenols is 2. The van der Waals surface area contributed by atoms with Crippen molar-refractivity contribution in [2.24, 2.45) is 0 Å². The summed E-state index contributed by atoms with van der Waals surface area (Å²) in [6, 6.07) is 7.63. The number of aryl methyl sites for hydroxylation is 4. The zero-order valence-electron chi connectivity index (χ0n) is 14.6. The average Bonchev–Trinajstić information content (AvgIpc) is 2.41. The van der Waals surface area contributed by atoms with E-state index in [-0.39, 0.29) is 0 Å². The molecule has 0 aliphatic carbocycles. The Morgan fingerprint density at radius 2 is 1.14 bits per heavy atom. The molecule has 2 heteroatoms. The minimum Gasteiger partial charge on any atom is -0.508 e. The fraction of sp³-hybridized carbons (Fsp3) is 0.400. The summed E-state index contributed by atoms with van der Waals surface area (Å²) < 4.78 is 0. The van der Waals surface area contributed by atoms with Gasteiger partial charge in [0.1, 0.15) is 11.5 Å². The molecule has 0 fully saturated rings. The van der Waals surface area contributed by atoms with Crippen molar-refractivity contribution in [1.82, 2.24) is 0 Å². The summed E-state index contributed by atoms with van der Waals surface area (Å²) in [5, 5.41) is 19.4. The highest BCUT2D eigenvalue weighted by atomic mass is 16.3. The maximum absolute atomic E-state index is 9.81. The highest BCUT2D eigenvalue weighted by molar-refractivity contribution is 5.47. The highest BCUT2D eigenvalue weighted by Gasteiger charge is 2.08. The van der Waals surface area contributed by atoms with E-state index in [1.165, 1.54) is 17.5 Å². The van der Waals surface area contributed by atoms with Crippen LogP contribution in [-0.4, -0.2) is 10.2 Å². The molecule has 0 amide bonds. The summed E-state index contributed by atoms with van der Waals surface area (Å²) in [5.41, 5.74) is 6.43. The zero-order valence-corrected chi connectivity index (χ0v) is 14.6. The Morgan fingerprint density at radius 1 is 0.727 bits per heavy atom. The summed E-state index contributed by atoms with van der Waals surface area (Å²) in [6.45, 7) is 12.1. The summed E-state index contributed by atoms with van der Waals surface area (Å²) in [4.78, 5) is 0. The van der Waals surface area contributed by atoms with Crippen molar-refractivity contribution in [3.63, 3.8) is 0 Å². The van der Waals surface area contributed by atoms with Crippen LogP contribution in [0.1, 0.15) is 53.6 Å². The minimum atomic E-state index is 0.316. The highest BCUT2D eigenvalue weighted by Crippen LogP contribution is 2.27. The number of benzene rings is 2. The topological polar surface area (TPSA) is 40.5 Å². The zero-order chi connectivity index (χ0) is 16.9. The molecule has 0 bridgehead atoms. The molecule has 0 atom stereocenters. The summed E-state index contributed by atoms with van der Waals surface area (Å²) in [5.74, 6) is 0.694. The monoisotopic (exact) mass is 300 g/mol.